The topological polar surface area (TPSA) is 66.7 Å². The van der Waals surface area contributed by atoms with Crippen molar-refractivity contribution in [2.45, 2.75) is 18.8 Å². The van der Waals surface area contributed by atoms with Crippen molar-refractivity contribution < 1.29 is 36.5 Å². The van der Waals surface area contributed by atoms with Gasteiger partial charge in [0.2, 0.25) is 6.20 Å². The molecule has 0 unspecified atom stereocenters. The summed E-state index contributed by atoms with van der Waals surface area (Å²) < 4.78 is 68.1. The van der Waals surface area contributed by atoms with Crippen molar-refractivity contribution in [2.24, 2.45) is 0 Å². The Balaban J connectivity index is 1.67. The van der Waals surface area contributed by atoms with Crippen molar-refractivity contribution >= 4 is 5.69 Å². The fourth-order valence-electron chi connectivity index (χ4n) is 3.42. The normalized spacial score (nSPS) is 15.0. The second kappa shape index (κ2) is 8.19. The van der Waals surface area contributed by atoms with Gasteiger partial charge in [-0.3, -0.25) is 0 Å². The molecule has 0 radical (unpaired) electrons. The molecule has 4 rings (SSSR count). The average molecular weight is 450 g/mol. The minimum Gasteiger partial charge on any atom is -0.619 e. The molecular formula is C22H18F4N2O4. The van der Waals surface area contributed by atoms with Crippen LogP contribution < -0.4 is 19.5 Å². The third-order valence-corrected chi connectivity index (χ3v) is 4.92. The molecule has 1 fully saturated rings. The number of aryl methyl sites for hydroxylation is 1. The highest BCUT2D eigenvalue weighted by Gasteiger charge is 2.45. The molecule has 1 aliphatic heterocycles. The molecule has 1 aliphatic rings. The SMILES string of the molecule is Cc1ccc(Oc2ccc(OC(F)(F)F)cc2)c(C2(Nc3ccc[n+]([O-])c3)COC2)c1F. The molecule has 0 atom stereocenters. The van der Waals surface area contributed by atoms with E-state index in [4.69, 9.17) is 9.47 Å². The lowest BCUT2D eigenvalue weighted by Gasteiger charge is -2.43. The van der Waals surface area contributed by atoms with E-state index in [9.17, 15) is 18.4 Å². The van der Waals surface area contributed by atoms with E-state index in [1.807, 2.05) is 0 Å². The summed E-state index contributed by atoms with van der Waals surface area (Å²) in [5, 5.41) is 14.8. The molecule has 0 spiro atoms. The molecule has 2 heterocycles. The predicted octanol–water partition coefficient (Wildman–Crippen LogP) is 4.80. The van der Waals surface area contributed by atoms with Crippen LogP contribution >= 0.6 is 0 Å². The molecule has 2 aromatic carbocycles. The van der Waals surface area contributed by atoms with Crippen molar-refractivity contribution in [2.75, 3.05) is 18.5 Å². The first kappa shape index (κ1) is 21.7. The van der Waals surface area contributed by atoms with E-state index < -0.39 is 23.5 Å². The second-order valence-electron chi connectivity index (χ2n) is 7.34. The molecule has 10 heteroatoms. The lowest BCUT2D eigenvalue weighted by Crippen LogP contribution is -2.54. The van der Waals surface area contributed by atoms with Crippen LogP contribution in [0.4, 0.5) is 23.2 Å². The Morgan fingerprint density at radius 3 is 2.34 bits per heavy atom. The van der Waals surface area contributed by atoms with E-state index in [0.29, 0.717) is 16.0 Å². The minimum atomic E-state index is -4.81. The fraction of sp³-hybridized carbons (Fsp3) is 0.227. The first-order valence-electron chi connectivity index (χ1n) is 9.53. The van der Waals surface area contributed by atoms with Crippen LogP contribution in [0.5, 0.6) is 17.2 Å². The van der Waals surface area contributed by atoms with E-state index in [1.165, 1.54) is 30.6 Å². The summed E-state index contributed by atoms with van der Waals surface area (Å²) in [5.74, 6) is -0.558. The maximum Gasteiger partial charge on any atom is 0.573 e. The van der Waals surface area contributed by atoms with E-state index in [0.717, 1.165) is 12.1 Å². The molecule has 1 N–H and O–H groups in total. The number of aromatic nitrogens is 1. The third-order valence-electron chi connectivity index (χ3n) is 4.92. The smallest absolute Gasteiger partial charge is 0.573 e. The van der Waals surface area contributed by atoms with Gasteiger partial charge in [0.1, 0.15) is 34.3 Å². The number of nitrogens with one attached hydrogen (secondary N) is 1. The van der Waals surface area contributed by atoms with Gasteiger partial charge in [-0.25, -0.2) is 4.39 Å². The zero-order valence-corrected chi connectivity index (χ0v) is 16.8. The summed E-state index contributed by atoms with van der Waals surface area (Å²) in [5.41, 5.74) is 0.0346. The number of nitrogens with zero attached hydrogens (tertiary/aromatic N) is 1. The van der Waals surface area contributed by atoms with Crippen LogP contribution in [-0.2, 0) is 10.3 Å². The zero-order chi connectivity index (χ0) is 22.9. The van der Waals surface area contributed by atoms with Crippen LogP contribution in [0.25, 0.3) is 0 Å². The molecule has 168 valence electrons. The summed E-state index contributed by atoms with van der Waals surface area (Å²) >= 11 is 0. The maximum absolute atomic E-state index is 15.3. The average Bonchev–Trinajstić information content (AvgIpc) is 2.69. The summed E-state index contributed by atoms with van der Waals surface area (Å²) in [6, 6.07) is 11.1. The van der Waals surface area contributed by atoms with Gasteiger partial charge in [-0.15, -0.1) is 13.2 Å². The zero-order valence-electron chi connectivity index (χ0n) is 16.8. The van der Waals surface area contributed by atoms with Gasteiger partial charge in [0.15, 0.2) is 6.20 Å². The monoisotopic (exact) mass is 450 g/mol. The fourth-order valence-corrected chi connectivity index (χ4v) is 3.42. The highest BCUT2D eigenvalue weighted by molar-refractivity contribution is 5.53. The van der Waals surface area contributed by atoms with Gasteiger partial charge in [-0.2, -0.15) is 4.73 Å². The van der Waals surface area contributed by atoms with Crippen molar-refractivity contribution in [3.05, 3.63) is 83.1 Å². The predicted molar refractivity (Wildman–Crippen MR) is 106 cm³/mol. The van der Waals surface area contributed by atoms with E-state index >= 15 is 4.39 Å². The van der Waals surface area contributed by atoms with Crippen molar-refractivity contribution in [1.29, 1.82) is 0 Å². The number of halogens is 4. The number of hydrogen-bond donors (Lipinski definition) is 1. The second-order valence-corrected chi connectivity index (χ2v) is 7.34. The third kappa shape index (κ3) is 4.54. The van der Waals surface area contributed by atoms with Gasteiger partial charge in [-0.1, -0.05) is 6.07 Å². The van der Waals surface area contributed by atoms with Crippen molar-refractivity contribution in [1.82, 2.24) is 0 Å². The standard InChI is InChI=1S/C22H18F4N2O4/c1-14-4-9-18(31-16-5-7-17(8-6-16)32-22(24,25)26)19(20(14)23)21(12-30-13-21)27-15-3-2-10-28(29)11-15/h2-11,27H,12-13H2,1H3. The molecular weight excluding hydrogens is 432 g/mol. The molecule has 0 amide bonds. The Morgan fingerprint density at radius 2 is 1.75 bits per heavy atom. The Hall–Kier alpha value is -3.53. The Morgan fingerprint density at radius 1 is 1.06 bits per heavy atom. The van der Waals surface area contributed by atoms with Crippen LogP contribution in [0.2, 0.25) is 0 Å². The first-order chi connectivity index (χ1) is 15.2. The van der Waals surface area contributed by atoms with Gasteiger partial charge in [0.25, 0.3) is 0 Å². The van der Waals surface area contributed by atoms with E-state index in [-0.39, 0.29) is 30.3 Å². The highest BCUT2D eigenvalue weighted by Crippen LogP contribution is 2.42. The van der Waals surface area contributed by atoms with Gasteiger partial charge in [0, 0.05) is 6.07 Å². The number of alkyl halides is 3. The van der Waals surface area contributed by atoms with Crippen LogP contribution in [0, 0.1) is 17.9 Å². The number of hydrogen-bond acceptors (Lipinski definition) is 5. The number of benzene rings is 2. The number of pyridine rings is 1. The summed E-state index contributed by atoms with van der Waals surface area (Å²) in [4.78, 5) is 0. The van der Waals surface area contributed by atoms with E-state index in [1.54, 1.807) is 25.1 Å². The Bertz CT molecular complexity index is 1120. The lowest BCUT2D eigenvalue weighted by atomic mass is 9.85. The summed E-state index contributed by atoms with van der Waals surface area (Å²) in [6.45, 7) is 1.85. The van der Waals surface area contributed by atoms with Crippen LogP contribution in [0.3, 0.4) is 0 Å². The summed E-state index contributed by atoms with van der Waals surface area (Å²) in [7, 11) is 0. The molecule has 0 bridgehead atoms. The Kier molecular flexibility index (Phi) is 5.55. The molecule has 1 saturated heterocycles. The highest BCUT2D eigenvalue weighted by atomic mass is 19.4. The number of rotatable bonds is 6. The van der Waals surface area contributed by atoms with Crippen molar-refractivity contribution in [3.8, 4) is 17.2 Å². The summed E-state index contributed by atoms with van der Waals surface area (Å²) in [6.07, 6.45) is -2.17. The molecule has 6 nitrogen and oxygen atoms in total. The van der Waals surface area contributed by atoms with Crippen molar-refractivity contribution in [3.63, 3.8) is 0 Å². The quantitative estimate of drug-likeness (QED) is 0.332. The van der Waals surface area contributed by atoms with Gasteiger partial charge < -0.3 is 24.7 Å². The maximum atomic E-state index is 15.3. The van der Waals surface area contributed by atoms with Crippen LogP contribution in [0.15, 0.2) is 60.9 Å². The van der Waals surface area contributed by atoms with E-state index in [2.05, 4.69) is 10.1 Å². The molecule has 3 aromatic rings. The molecule has 1 aromatic heterocycles. The van der Waals surface area contributed by atoms with Crippen LogP contribution in [0.1, 0.15) is 11.1 Å². The lowest BCUT2D eigenvalue weighted by molar-refractivity contribution is -0.604. The molecule has 32 heavy (non-hydrogen) atoms. The Labute approximate surface area is 180 Å². The molecule has 0 saturated carbocycles. The van der Waals surface area contributed by atoms with Gasteiger partial charge in [0.05, 0.1) is 18.8 Å². The van der Waals surface area contributed by atoms with Crippen LogP contribution in [-0.4, -0.2) is 19.6 Å². The number of ether oxygens (including phenoxy) is 3. The minimum absolute atomic E-state index is 0.121. The molecule has 0 aliphatic carbocycles. The largest absolute Gasteiger partial charge is 0.619 e. The first-order valence-corrected chi connectivity index (χ1v) is 9.53. The van der Waals surface area contributed by atoms with Gasteiger partial charge in [-0.05, 0) is 48.9 Å². The van der Waals surface area contributed by atoms with Gasteiger partial charge >= 0.3 is 6.36 Å². The number of anilines is 1.